The van der Waals surface area contributed by atoms with Gasteiger partial charge in [-0.3, -0.25) is 0 Å². The standard InChI is InChI=1S/C29H18O4S/c1-19-6-8-20(9-7-19)10-11-21-12-15-25-23(18-21)14-17-27-29(25)28-24-5-3-2-4-22(24)13-16-26(28)32-34(30,31)33-27/h2-9,12-18H,1H3. The van der Waals surface area contributed by atoms with Gasteiger partial charge in [0.2, 0.25) is 0 Å². The minimum Gasteiger partial charge on any atom is -0.352 e. The van der Waals surface area contributed by atoms with Crippen molar-refractivity contribution in [2.45, 2.75) is 6.92 Å². The van der Waals surface area contributed by atoms with Gasteiger partial charge in [-0.1, -0.05) is 72.0 Å². The Morgan fingerprint density at radius 2 is 1.21 bits per heavy atom. The molecule has 0 unspecified atom stereocenters. The number of rotatable bonds is 0. The van der Waals surface area contributed by atoms with Crippen LogP contribution in [0.5, 0.6) is 11.5 Å². The molecule has 0 saturated carbocycles. The Kier molecular flexibility index (Phi) is 4.58. The first-order valence-corrected chi connectivity index (χ1v) is 12.1. The molecule has 34 heavy (non-hydrogen) atoms. The highest BCUT2D eigenvalue weighted by molar-refractivity contribution is 7.82. The maximum Gasteiger partial charge on any atom is 0.501 e. The van der Waals surface area contributed by atoms with Crippen LogP contribution in [-0.4, -0.2) is 8.42 Å². The van der Waals surface area contributed by atoms with Gasteiger partial charge in [-0.2, -0.15) is 0 Å². The third-order valence-electron chi connectivity index (χ3n) is 5.91. The highest BCUT2D eigenvalue weighted by Gasteiger charge is 2.29. The summed E-state index contributed by atoms with van der Waals surface area (Å²) in [4.78, 5) is 0. The molecule has 6 rings (SSSR count). The molecule has 0 aliphatic carbocycles. The van der Waals surface area contributed by atoms with E-state index in [0.29, 0.717) is 11.1 Å². The van der Waals surface area contributed by atoms with Gasteiger partial charge in [0, 0.05) is 22.3 Å². The number of aryl methyl sites for hydroxylation is 1. The molecule has 0 amide bonds. The second-order valence-electron chi connectivity index (χ2n) is 8.23. The summed E-state index contributed by atoms with van der Waals surface area (Å²) in [7, 11) is -4.26. The summed E-state index contributed by atoms with van der Waals surface area (Å²) in [6.45, 7) is 2.05. The SMILES string of the molecule is Cc1ccc(C#Cc2ccc3c4c(ccc3c2)OS(=O)(=O)Oc2ccc3ccccc3c2-4)cc1. The van der Waals surface area contributed by atoms with Crippen molar-refractivity contribution in [3.05, 3.63) is 108 Å². The molecule has 0 fully saturated rings. The van der Waals surface area contributed by atoms with Gasteiger partial charge in [-0.05, 0) is 64.9 Å². The van der Waals surface area contributed by atoms with Crippen LogP contribution in [0.15, 0.2) is 91.0 Å². The fourth-order valence-corrected chi connectivity index (χ4v) is 5.06. The van der Waals surface area contributed by atoms with Crippen LogP contribution in [0.1, 0.15) is 16.7 Å². The first-order valence-electron chi connectivity index (χ1n) is 10.8. The highest BCUT2D eigenvalue weighted by Crippen LogP contribution is 2.48. The summed E-state index contributed by atoms with van der Waals surface area (Å²) in [5, 5.41) is 3.65. The summed E-state index contributed by atoms with van der Waals surface area (Å²) in [6.07, 6.45) is 0. The van der Waals surface area contributed by atoms with Gasteiger partial charge in [-0.25, -0.2) is 0 Å². The van der Waals surface area contributed by atoms with Crippen molar-refractivity contribution >= 4 is 31.9 Å². The molecule has 0 radical (unpaired) electrons. The van der Waals surface area contributed by atoms with Crippen LogP contribution in [0.2, 0.25) is 0 Å². The topological polar surface area (TPSA) is 52.6 Å². The average molecular weight is 463 g/mol. The van der Waals surface area contributed by atoms with Gasteiger partial charge in [0.15, 0.2) is 11.5 Å². The second kappa shape index (κ2) is 7.65. The summed E-state index contributed by atoms with van der Waals surface area (Å²) in [5.74, 6) is 6.91. The number of hydrogen-bond donors (Lipinski definition) is 0. The molecule has 0 spiro atoms. The Morgan fingerprint density at radius 3 is 1.94 bits per heavy atom. The van der Waals surface area contributed by atoms with Gasteiger partial charge >= 0.3 is 10.4 Å². The van der Waals surface area contributed by atoms with E-state index < -0.39 is 10.4 Å². The molecule has 0 saturated heterocycles. The molecule has 0 bridgehead atoms. The van der Waals surface area contributed by atoms with Crippen molar-refractivity contribution in [3.8, 4) is 34.5 Å². The van der Waals surface area contributed by atoms with E-state index in [1.165, 1.54) is 5.56 Å². The number of fused-ring (bicyclic) bond motifs is 7. The van der Waals surface area contributed by atoms with Crippen LogP contribution in [0.25, 0.3) is 32.7 Å². The average Bonchev–Trinajstić information content (AvgIpc) is 2.96. The van der Waals surface area contributed by atoms with Gasteiger partial charge in [0.1, 0.15) is 0 Å². The molecular formula is C29H18O4S. The molecule has 5 aromatic rings. The van der Waals surface area contributed by atoms with E-state index in [0.717, 1.165) is 32.7 Å². The highest BCUT2D eigenvalue weighted by atomic mass is 32.3. The molecule has 1 aliphatic rings. The number of benzene rings is 5. The Morgan fingerprint density at radius 1 is 0.618 bits per heavy atom. The largest absolute Gasteiger partial charge is 0.501 e. The smallest absolute Gasteiger partial charge is 0.352 e. The first kappa shape index (κ1) is 20.3. The van der Waals surface area contributed by atoms with E-state index in [-0.39, 0.29) is 11.5 Å². The maximum atomic E-state index is 12.5. The monoisotopic (exact) mass is 462 g/mol. The normalized spacial score (nSPS) is 13.6. The third kappa shape index (κ3) is 3.55. The molecule has 164 valence electrons. The van der Waals surface area contributed by atoms with E-state index >= 15 is 0 Å². The van der Waals surface area contributed by atoms with Gasteiger partial charge in [-0.15, -0.1) is 8.42 Å². The zero-order chi connectivity index (χ0) is 23.3. The lowest BCUT2D eigenvalue weighted by Crippen LogP contribution is -2.15. The lowest BCUT2D eigenvalue weighted by molar-refractivity contribution is 0.398. The fraction of sp³-hybridized carbons (Fsp3) is 0.0345. The van der Waals surface area contributed by atoms with Crippen LogP contribution in [0.3, 0.4) is 0 Å². The van der Waals surface area contributed by atoms with Crippen LogP contribution in [0.4, 0.5) is 0 Å². The van der Waals surface area contributed by atoms with Crippen LogP contribution >= 0.6 is 0 Å². The van der Waals surface area contributed by atoms with E-state index in [1.807, 2.05) is 85.8 Å². The van der Waals surface area contributed by atoms with Crippen molar-refractivity contribution in [2.75, 3.05) is 0 Å². The van der Waals surface area contributed by atoms with Crippen molar-refractivity contribution in [1.29, 1.82) is 0 Å². The first-order chi connectivity index (χ1) is 16.5. The van der Waals surface area contributed by atoms with Crippen molar-refractivity contribution in [3.63, 3.8) is 0 Å². The lowest BCUT2D eigenvalue weighted by atomic mass is 9.92. The predicted molar refractivity (Wildman–Crippen MR) is 134 cm³/mol. The molecule has 1 heterocycles. The van der Waals surface area contributed by atoms with Crippen molar-refractivity contribution < 1.29 is 16.8 Å². The Balaban J connectivity index is 1.58. The van der Waals surface area contributed by atoms with E-state index in [1.54, 1.807) is 12.1 Å². The molecule has 0 atom stereocenters. The molecule has 5 heteroatoms. The Bertz CT molecular complexity index is 1770. The predicted octanol–water partition coefficient (Wildman–Crippen LogP) is 6.38. The lowest BCUT2D eigenvalue weighted by Gasteiger charge is -2.13. The summed E-state index contributed by atoms with van der Waals surface area (Å²) < 4.78 is 35.7. The van der Waals surface area contributed by atoms with Crippen LogP contribution < -0.4 is 8.37 Å². The zero-order valence-electron chi connectivity index (χ0n) is 18.2. The Hall–Kier alpha value is -4.27. The minimum atomic E-state index is -4.26. The van der Waals surface area contributed by atoms with Crippen molar-refractivity contribution in [2.24, 2.45) is 0 Å². The second-order valence-corrected chi connectivity index (χ2v) is 9.38. The number of hydrogen-bond acceptors (Lipinski definition) is 4. The maximum absolute atomic E-state index is 12.5. The van der Waals surface area contributed by atoms with Crippen LogP contribution in [0, 0.1) is 18.8 Å². The van der Waals surface area contributed by atoms with E-state index in [4.69, 9.17) is 8.37 Å². The molecular weight excluding hydrogens is 444 g/mol. The Labute approximate surface area is 197 Å². The summed E-state index contributed by atoms with van der Waals surface area (Å²) in [6, 6.07) is 28.8. The molecule has 4 nitrogen and oxygen atoms in total. The molecule has 0 aromatic heterocycles. The van der Waals surface area contributed by atoms with E-state index in [2.05, 4.69) is 11.8 Å². The van der Waals surface area contributed by atoms with Gasteiger partial charge in [0.25, 0.3) is 0 Å². The summed E-state index contributed by atoms with van der Waals surface area (Å²) in [5.41, 5.74) is 4.38. The van der Waals surface area contributed by atoms with E-state index in [9.17, 15) is 8.42 Å². The fourth-order valence-electron chi connectivity index (χ4n) is 4.31. The molecule has 0 N–H and O–H groups in total. The van der Waals surface area contributed by atoms with Gasteiger partial charge in [0.05, 0.1) is 0 Å². The molecule has 1 aliphatic heterocycles. The quantitative estimate of drug-likeness (QED) is 0.251. The zero-order valence-corrected chi connectivity index (χ0v) is 19.0. The van der Waals surface area contributed by atoms with Gasteiger partial charge < -0.3 is 8.37 Å². The summed E-state index contributed by atoms with van der Waals surface area (Å²) >= 11 is 0. The minimum absolute atomic E-state index is 0.237. The van der Waals surface area contributed by atoms with Crippen LogP contribution in [-0.2, 0) is 10.4 Å². The van der Waals surface area contributed by atoms with Crippen molar-refractivity contribution in [1.82, 2.24) is 0 Å². The third-order valence-corrected chi connectivity index (χ3v) is 6.68. The molecule has 5 aromatic carbocycles.